The monoisotopic (exact) mass is 314 g/mol. The second kappa shape index (κ2) is 5.87. The van der Waals surface area contributed by atoms with Gasteiger partial charge in [0, 0.05) is 5.56 Å². The predicted octanol–water partition coefficient (Wildman–Crippen LogP) is 1.25. The van der Waals surface area contributed by atoms with E-state index in [4.69, 9.17) is 10.5 Å². The van der Waals surface area contributed by atoms with Crippen LogP contribution in [0.4, 0.5) is 5.82 Å². The molecule has 9 nitrogen and oxygen atoms in total. The summed E-state index contributed by atoms with van der Waals surface area (Å²) in [6, 6.07) is 7.64. The number of hydrogen-bond acceptors (Lipinski definition) is 8. The molecule has 118 valence electrons. The summed E-state index contributed by atoms with van der Waals surface area (Å²) in [6.45, 7) is 2.06. The zero-order valence-electron chi connectivity index (χ0n) is 12.6. The van der Waals surface area contributed by atoms with Crippen LogP contribution < -0.4 is 5.73 Å². The van der Waals surface area contributed by atoms with Crippen molar-refractivity contribution in [1.29, 1.82) is 0 Å². The zero-order valence-corrected chi connectivity index (χ0v) is 12.6. The number of aryl methyl sites for hydroxylation is 1. The van der Waals surface area contributed by atoms with Gasteiger partial charge in [-0.15, -0.1) is 5.10 Å². The fourth-order valence-corrected chi connectivity index (χ4v) is 2.16. The van der Waals surface area contributed by atoms with Crippen LogP contribution in [0.3, 0.4) is 0 Å². The number of esters is 1. The highest BCUT2D eigenvalue weighted by atomic mass is 16.6. The van der Waals surface area contributed by atoms with E-state index in [0.29, 0.717) is 5.69 Å². The molecule has 0 spiro atoms. The van der Waals surface area contributed by atoms with Crippen molar-refractivity contribution >= 4 is 11.8 Å². The van der Waals surface area contributed by atoms with Crippen molar-refractivity contribution < 1.29 is 14.2 Å². The molecule has 0 saturated heterocycles. The number of carbonyl (C=O) groups is 1. The van der Waals surface area contributed by atoms with Gasteiger partial charge in [0.2, 0.25) is 11.6 Å². The first-order valence-corrected chi connectivity index (χ1v) is 6.87. The zero-order chi connectivity index (χ0) is 16.4. The van der Waals surface area contributed by atoms with Crippen molar-refractivity contribution in [2.24, 2.45) is 0 Å². The number of rotatable bonds is 4. The van der Waals surface area contributed by atoms with Crippen molar-refractivity contribution in [2.45, 2.75) is 13.3 Å². The molecule has 0 saturated carbocycles. The Morgan fingerprint density at radius 3 is 2.61 bits per heavy atom. The van der Waals surface area contributed by atoms with E-state index in [1.54, 1.807) is 0 Å². The Morgan fingerprint density at radius 2 is 2.04 bits per heavy atom. The molecule has 2 heterocycles. The van der Waals surface area contributed by atoms with E-state index in [9.17, 15) is 4.79 Å². The molecule has 0 aliphatic heterocycles. The molecular formula is C14H14N6O3. The maximum absolute atomic E-state index is 12.0. The number of methoxy groups -OCH3 is 1. The van der Waals surface area contributed by atoms with Crippen LogP contribution in [0.15, 0.2) is 28.9 Å². The summed E-state index contributed by atoms with van der Waals surface area (Å²) >= 11 is 0. The minimum atomic E-state index is -0.610. The number of nitrogens with zero attached hydrogens (tertiary/aromatic N) is 5. The number of benzene rings is 1. The quantitative estimate of drug-likeness (QED) is 0.714. The number of aromatic nitrogens is 5. The highest BCUT2D eigenvalue weighted by Gasteiger charge is 2.25. The highest BCUT2D eigenvalue weighted by Crippen LogP contribution is 2.27. The molecular weight excluding hydrogens is 300 g/mol. The molecule has 9 heteroatoms. The van der Waals surface area contributed by atoms with Gasteiger partial charge < -0.3 is 10.5 Å². The van der Waals surface area contributed by atoms with Gasteiger partial charge in [-0.1, -0.05) is 36.4 Å². The highest BCUT2D eigenvalue weighted by molar-refractivity contribution is 5.94. The molecule has 0 fully saturated rings. The van der Waals surface area contributed by atoms with Gasteiger partial charge in [-0.3, -0.25) is 0 Å². The average Bonchev–Trinajstić information content (AvgIpc) is 3.20. The van der Waals surface area contributed by atoms with E-state index in [1.807, 2.05) is 24.3 Å². The number of nitrogens with two attached hydrogens (primary N) is 1. The molecule has 0 aliphatic carbocycles. The van der Waals surface area contributed by atoms with Gasteiger partial charge in [-0.2, -0.15) is 4.68 Å². The maximum atomic E-state index is 12.0. The lowest BCUT2D eigenvalue weighted by molar-refractivity contribution is 0.0595. The van der Waals surface area contributed by atoms with Crippen LogP contribution in [0, 0.1) is 0 Å². The van der Waals surface area contributed by atoms with Crippen LogP contribution in [-0.4, -0.2) is 38.4 Å². The Balaban J connectivity index is 2.20. The number of carbonyl (C=O) groups excluding carboxylic acids is 1. The molecule has 0 amide bonds. The third kappa shape index (κ3) is 2.52. The first-order valence-electron chi connectivity index (χ1n) is 6.87. The fourth-order valence-electron chi connectivity index (χ4n) is 2.16. The Bertz CT molecular complexity index is 837. The molecule has 0 bridgehead atoms. The molecule has 2 aromatic heterocycles. The van der Waals surface area contributed by atoms with Crippen LogP contribution in [0.25, 0.3) is 17.1 Å². The van der Waals surface area contributed by atoms with Gasteiger partial charge in [-0.25, -0.2) is 9.42 Å². The van der Waals surface area contributed by atoms with Crippen molar-refractivity contribution in [1.82, 2.24) is 25.3 Å². The summed E-state index contributed by atoms with van der Waals surface area (Å²) in [5.41, 5.74) is 8.05. The molecule has 3 aromatic rings. The van der Waals surface area contributed by atoms with E-state index in [2.05, 4.69) is 32.2 Å². The molecule has 0 radical (unpaired) electrons. The van der Waals surface area contributed by atoms with Gasteiger partial charge in [-0.05, 0) is 22.3 Å². The van der Waals surface area contributed by atoms with E-state index in [-0.39, 0.29) is 17.3 Å². The topological polar surface area (TPSA) is 122 Å². The maximum Gasteiger partial charge on any atom is 0.360 e. The van der Waals surface area contributed by atoms with Crippen LogP contribution in [-0.2, 0) is 11.2 Å². The number of nitrogen functional groups attached to an aromatic ring is 1. The molecule has 3 rings (SSSR count). The van der Waals surface area contributed by atoms with E-state index in [1.165, 1.54) is 11.8 Å². The lowest BCUT2D eigenvalue weighted by Crippen LogP contribution is -2.07. The Kier molecular flexibility index (Phi) is 3.75. The van der Waals surface area contributed by atoms with Crippen molar-refractivity contribution in [3.63, 3.8) is 0 Å². The van der Waals surface area contributed by atoms with Crippen LogP contribution in [0.5, 0.6) is 0 Å². The Hall–Kier alpha value is -3.23. The minimum Gasteiger partial charge on any atom is -0.464 e. The molecule has 0 unspecified atom stereocenters. The molecule has 0 atom stereocenters. The summed E-state index contributed by atoms with van der Waals surface area (Å²) in [6.07, 6.45) is 0.905. The second-order valence-electron chi connectivity index (χ2n) is 4.71. The first kappa shape index (κ1) is 14.7. The molecule has 23 heavy (non-hydrogen) atoms. The molecule has 1 aromatic carbocycles. The summed E-state index contributed by atoms with van der Waals surface area (Å²) in [5, 5.41) is 15.0. The summed E-state index contributed by atoms with van der Waals surface area (Å²) in [5.74, 6) is -0.416. The van der Waals surface area contributed by atoms with Gasteiger partial charge in [0.1, 0.15) is 5.69 Å². The summed E-state index contributed by atoms with van der Waals surface area (Å²) in [7, 11) is 1.28. The number of hydrogen-bond donors (Lipinski definition) is 1. The van der Waals surface area contributed by atoms with Crippen molar-refractivity contribution in [3.05, 3.63) is 35.5 Å². The first-order chi connectivity index (χ1) is 11.2. The SMILES string of the molecule is CCc1ccc(-c2c(C(=O)OC)nnn2-c2nonc2N)cc1. The minimum absolute atomic E-state index is 0.0396. The van der Waals surface area contributed by atoms with Crippen molar-refractivity contribution in [3.8, 4) is 17.1 Å². The van der Waals surface area contributed by atoms with Gasteiger partial charge in [0.15, 0.2) is 5.69 Å². The third-order valence-corrected chi connectivity index (χ3v) is 3.38. The predicted molar refractivity (Wildman–Crippen MR) is 79.8 cm³/mol. The normalized spacial score (nSPS) is 10.7. The summed E-state index contributed by atoms with van der Waals surface area (Å²) in [4.78, 5) is 12.0. The Morgan fingerprint density at radius 1 is 1.30 bits per heavy atom. The molecule has 0 aliphatic rings. The van der Waals surface area contributed by atoms with Crippen LogP contribution >= 0.6 is 0 Å². The number of ether oxygens (including phenoxy) is 1. The average molecular weight is 314 g/mol. The fraction of sp³-hybridized carbons (Fsp3) is 0.214. The largest absolute Gasteiger partial charge is 0.464 e. The van der Waals surface area contributed by atoms with Gasteiger partial charge in [0.25, 0.3) is 0 Å². The smallest absolute Gasteiger partial charge is 0.360 e. The van der Waals surface area contributed by atoms with Gasteiger partial charge >= 0.3 is 5.97 Å². The third-order valence-electron chi connectivity index (χ3n) is 3.38. The van der Waals surface area contributed by atoms with Crippen LogP contribution in [0.1, 0.15) is 23.0 Å². The van der Waals surface area contributed by atoms with E-state index < -0.39 is 5.97 Å². The lowest BCUT2D eigenvalue weighted by Gasteiger charge is -2.06. The molecule has 2 N–H and O–H groups in total. The lowest BCUT2D eigenvalue weighted by atomic mass is 10.1. The van der Waals surface area contributed by atoms with Gasteiger partial charge in [0.05, 0.1) is 7.11 Å². The van der Waals surface area contributed by atoms with Crippen molar-refractivity contribution in [2.75, 3.05) is 12.8 Å². The standard InChI is InChI=1S/C14H14N6O3/c1-3-8-4-6-9(7-5-8)11-10(14(21)22-2)16-19-20(11)13-12(15)17-23-18-13/h4-7H,3H2,1-2H3,(H2,15,17). The Labute approximate surface area is 131 Å². The summed E-state index contributed by atoms with van der Waals surface area (Å²) < 4.78 is 10.7. The second-order valence-corrected chi connectivity index (χ2v) is 4.71. The number of anilines is 1. The van der Waals surface area contributed by atoms with E-state index >= 15 is 0 Å². The van der Waals surface area contributed by atoms with E-state index in [0.717, 1.165) is 17.5 Å². The van der Waals surface area contributed by atoms with Crippen LogP contribution in [0.2, 0.25) is 0 Å².